The van der Waals surface area contributed by atoms with Crippen LogP contribution in [-0.2, 0) is 0 Å². The van der Waals surface area contributed by atoms with Crippen LogP contribution >= 0.6 is 0 Å². The third kappa shape index (κ3) is 9.11. The van der Waals surface area contributed by atoms with Crippen LogP contribution in [0.5, 0.6) is 0 Å². The minimum Gasteiger partial charge on any atom is -1.00 e. The molecule has 4 heavy (non-hydrogen) atoms. The monoisotopic (exact) mass is 202 g/mol. The Morgan fingerprint density at radius 1 is 0.750 bits per heavy atom. The summed E-state index contributed by atoms with van der Waals surface area (Å²) in [5.74, 6) is 0. The first-order valence-corrected chi connectivity index (χ1v) is 0.167. The molecular weight excluding hydrogens is 203 g/mol. The Morgan fingerprint density at radius 3 is 0.750 bits per heavy atom. The van der Waals surface area contributed by atoms with E-state index in [4.69, 9.17) is 10.5 Å². The molecule has 0 aromatic heterocycles. The van der Waals surface area contributed by atoms with E-state index >= 15 is 0 Å². The van der Waals surface area contributed by atoms with Gasteiger partial charge in [-0.2, -0.15) is 0 Å². The second-order valence-electron chi connectivity index (χ2n) is 0. The van der Waals surface area contributed by atoms with E-state index < -0.39 is 0 Å². The Hall–Kier alpha value is 3.53. The molecule has 0 aliphatic heterocycles. The van der Waals surface area contributed by atoms with Crippen molar-refractivity contribution >= 4 is 0 Å². The molecule has 0 radical (unpaired) electrons. The molecular formula is O2Rb2. The van der Waals surface area contributed by atoms with Crippen LogP contribution in [0.25, 0.3) is 0 Å². The van der Waals surface area contributed by atoms with Gasteiger partial charge < -0.3 is 10.5 Å². The largest absolute Gasteiger partial charge is 1.00 e. The number of rotatable bonds is 0. The van der Waals surface area contributed by atoms with Gasteiger partial charge in [0.15, 0.2) is 0 Å². The fourth-order valence-corrected chi connectivity index (χ4v) is 0. The summed E-state index contributed by atoms with van der Waals surface area (Å²) < 4.78 is 0. The zero-order valence-electron chi connectivity index (χ0n) is 2.82. The summed E-state index contributed by atoms with van der Waals surface area (Å²) in [6.07, 6.45) is 0. The fourth-order valence-electron chi connectivity index (χ4n) is 0. The van der Waals surface area contributed by atoms with Crippen LogP contribution in [0.4, 0.5) is 0 Å². The molecule has 2 nitrogen and oxygen atoms in total. The predicted molar refractivity (Wildman–Crippen MR) is 0 cm³/mol. The summed E-state index contributed by atoms with van der Waals surface area (Å²) in [7, 11) is 0. The van der Waals surface area contributed by atoms with Crippen molar-refractivity contribution in [2.24, 2.45) is 0 Å². The minimum absolute atomic E-state index is 0. The van der Waals surface area contributed by atoms with Gasteiger partial charge in [0.1, 0.15) is 0 Å². The normalized spacial score (nSPS) is 1.50. The third-order valence-corrected chi connectivity index (χ3v) is 0. The van der Waals surface area contributed by atoms with Gasteiger partial charge in [0.2, 0.25) is 0 Å². The molecule has 0 unspecified atom stereocenters. The second kappa shape index (κ2) is 16.0. The van der Waals surface area contributed by atoms with E-state index in [-0.39, 0.29) is 116 Å². The summed E-state index contributed by atoms with van der Waals surface area (Å²) in [4.78, 5) is 0. The Bertz CT molecular complexity index is 4.00. The topological polar surface area (TPSA) is 46.1 Å². The first kappa shape index (κ1) is 15.6. The average molecular weight is 203 g/mol. The summed E-state index contributed by atoms with van der Waals surface area (Å²) >= 11 is 0. The van der Waals surface area contributed by atoms with Crippen molar-refractivity contribution in [3.05, 3.63) is 0 Å². The number of hydrogen-bond acceptors (Lipinski definition) is 2. The predicted octanol–water partition coefficient (Wildman–Crippen LogP) is -8.37. The molecule has 0 saturated carbocycles. The Labute approximate surface area is 122 Å². The maximum Gasteiger partial charge on any atom is 1.00 e. The van der Waals surface area contributed by atoms with Gasteiger partial charge in [-0.05, 0) is 0 Å². The van der Waals surface area contributed by atoms with E-state index in [1.54, 1.807) is 0 Å². The van der Waals surface area contributed by atoms with Crippen molar-refractivity contribution in [2.45, 2.75) is 0 Å². The number of hydrogen-bond donors (Lipinski definition) is 0. The Kier molecular flexibility index (Phi) is 62.7. The summed E-state index contributed by atoms with van der Waals surface area (Å²) in [5, 5.41) is 14.0. The summed E-state index contributed by atoms with van der Waals surface area (Å²) in [6, 6.07) is 0. The van der Waals surface area contributed by atoms with Crippen LogP contribution in [0.15, 0.2) is 0 Å². The molecule has 0 N–H and O–H groups in total. The zero-order valence-corrected chi connectivity index (χ0v) is 12.6. The van der Waals surface area contributed by atoms with Gasteiger partial charge in [0, 0.05) is 0 Å². The van der Waals surface area contributed by atoms with Gasteiger partial charge in [-0.1, -0.05) is 0 Å². The Morgan fingerprint density at radius 2 is 0.750 bits per heavy atom. The zero-order chi connectivity index (χ0) is 2.00. The van der Waals surface area contributed by atoms with E-state index in [1.807, 2.05) is 0 Å². The molecule has 0 aromatic rings. The van der Waals surface area contributed by atoms with Gasteiger partial charge in [-0.3, -0.25) is 0 Å². The second-order valence-corrected chi connectivity index (χ2v) is 0. The van der Waals surface area contributed by atoms with Crippen LogP contribution in [0.1, 0.15) is 0 Å². The SMILES string of the molecule is [O-][O-].[Rb+].[Rb+]. The molecule has 0 aliphatic carbocycles. The van der Waals surface area contributed by atoms with Crippen LogP contribution in [0.2, 0.25) is 0 Å². The molecule has 4 heteroatoms. The minimum atomic E-state index is 0. The quantitative estimate of drug-likeness (QED) is 0.290. The average Bonchev–Trinajstić information content (AvgIpc) is 1.00. The van der Waals surface area contributed by atoms with Gasteiger partial charge in [-0.25, -0.2) is 0 Å². The summed E-state index contributed by atoms with van der Waals surface area (Å²) in [5.41, 5.74) is 0. The first-order chi connectivity index (χ1) is 1.00. The van der Waals surface area contributed by atoms with Crippen LogP contribution in [0, 0.1) is 0 Å². The molecule has 14 valence electrons. The van der Waals surface area contributed by atoms with E-state index in [0.717, 1.165) is 0 Å². The van der Waals surface area contributed by atoms with Crippen molar-refractivity contribution in [3.63, 3.8) is 0 Å². The molecule has 0 amide bonds. The third-order valence-electron chi connectivity index (χ3n) is 0. The van der Waals surface area contributed by atoms with E-state index in [1.165, 1.54) is 0 Å². The van der Waals surface area contributed by atoms with Crippen LogP contribution < -0.4 is 127 Å². The molecule has 0 fully saturated rings. The van der Waals surface area contributed by atoms with E-state index in [9.17, 15) is 0 Å². The maximum absolute atomic E-state index is 7.00. The molecule has 0 atom stereocenters. The molecule has 0 spiro atoms. The van der Waals surface area contributed by atoms with Crippen molar-refractivity contribution in [3.8, 4) is 0 Å². The van der Waals surface area contributed by atoms with Crippen LogP contribution in [-0.4, -0.2) is 0 Å². The van der Waals surface area contributed by atoms with Gasteiger partial charge in [0.05, 0.1) is 0 Å². The molecule has 0 bridgehead atoms. The fraction of sp³-hybridized carbons (Fsp3) is 0. The Balaban J connectivity index is -0.00000000500. The first-order valence-electron chi connectivity index (χ1n) is 0.167. The van der Waals surface area contributed by atoms with Crippen molar-refractivity contribution in [1.82, 2.24) is 0 Å². The molecule has 0 aliphatic rings. The smallest absolute Gasteiger partial charge is 1.00 e. The molecule has 0 rings (SSSR count). The van der Waals surface area contributed by atoms with Crippen molar-refractivity contribution < 1.29 is 127 Å². The van der Waals surface area contributed by atoms with Gasteiger partial charge >= 0.3 is 116 Å². The molecule has 0 heterocycles. The molecule has 0 saturated heterocycles. The standard InChI is InChI=1S/O2.2Rb/c1-2;;/q-2;2*+1. The molecule has 0 aromatic carbocycles. The van der Waals surface area contributed by atoms with E-state index in [0.29, 0.717) is 0 Å². The van der Waals surface area contributed by atoms with Gasteiger partial charge in [-0.15, -0.1) is 0 Å². The van der Waals surface area contributed by atoms with Gasteiger partial charge in [0.25, 0.3) is 0 Å². The van der Waals surface area contributed by atoms with Crippen molar-refractivity contribution in [1.29, 1.82) is 0 Å². The maximum atomic E-state index is 7.00. The van der Waals surface area contributed by atoms with E-state index in [2.05, 4.69) is 0 Å². The van der Waals surface area contributed by atoms with Crippen LogP contribution in [0.3, 0.4) is 0 Å². The van der Waals surface area contributed by atoms with Crippen molar-refractivity contribution in [2.75, 3.05) is 0 Å². The summed E-state index contributed by atoms with van der Waals surface area (Å²) in [6.45, 7) is 0.